The first-order valence-electron chi connectivity index (χ1n) is 26.1. The largest absolute Gasteiger partial charge is 0.462 e. The van der Waals surface area contributed by atoms with E-state index in [9.17, 15) is 14.4 Å². The van der Waals surface area contributed by atoms with E-state index < -0.39 is 0 Å². The van der Waals surface area contributed by atoms with Crippen molar-refractivity contribution in [1.29, 1.82) is 0 Å². The molecule has 4 aliphatic rings. The van der Waals surface area contributed by atoms with Crippen LogP contribution in [0.1, 0.15) is 196 Å². The van der Waals surface area contributed by atoms with Crippen LogP contribution in [0.4, 0.5) is 4.79 Å². The van der Waals surface area contributed by atoms with Crippen LogP contribution in [0.15, 0.2) is 36.5 Å². The van der Waals surface area contributed by atoms with Gasteiger partial charge in [-0.25, -0.2) is 0 Å². The summed E-state index contributed by atoms with van der Waals surface area (Å²) in [6, 6.07) is 0. The monoisotopic (exact) mass is 895 g/mol. The summed E-state index contributed by atoms with van der Waals surface area (Å²) in [5, 5.41) is 0.101. The van der Waals surface area contributed by atoms with Crippen LogP contribution in [0.2, 0.25) is 0 Å². The van der Waals surface area contributed by atoms with E-state index in [1.807, 2.05) is 25.1 Å². The Morgan fingerprint density at radius 1 is 0.825 bits per heavy atom. The maximum absolute atomic E-state index is 13.4. The highest BCUT2D eigenvalue weighted by Gasteiger charge is 2.64. The molecule has 0 aromatic rings. The number of carbonyl (C=O) groups excluding carboxylic acids is 3. The number of amides is 1. The summed E-state index contributed by atoms with van der Waals surface area (Å²) < 4.78 is 11.6. The molecule has 4 aliphatic carbocycles. The first kappa shape index (κ1) is 53.6. The van der Waals surface area contributed by atoms with Crippen LogP contribution < -0.4 is 0 Å². The lowest BCUT2D eigenvalue weighted by Crippen LogP contribution is -2.57. The Balaban J connectivity index is 1.20. The minimum atomic E-state index is -0.121. The molecule has 0 aromatic carbocycles. The van der Waals surface area contributed by atoms with Gasteiger partial charge in [0.2, 0.25) is 0 Å². The third-order valence-corrected chi connectivity index (χ3v) is 17.7. The Kier molecular flexibility index (Phi) is 22.9. The van der Waals surface area contributed by atoms with Crippen molar-refractivity contribution in [1.82, 2.24) is 9.80 Å². The zero-order valence-electron chi connectivity index (χ0n) is 41.8. The SMILES string of the molecule is C=C[C@H](CCCC(C)C)[C@H]1CC[C@H]2[C@@H]3CC=C4C[C@@H](OC(=O)CCCN(CCCCCCCC(=O)OC/C=C\CCCCCC)C(=O)SCCN(C)C)CC[C@]4(C)[C@@]3(C)CC[C@]12C. The second kappa shape index (κ2) is 26.9. The molecule has 0 aliphatic heterocycles. The fourth-order valence-corrected chi connectivity index (χ4v) is 13.6. The zero-order valence-corrected chi connectivity index (χ0v) is 42.6. The molecule has 8 heteroatoms. The van der Waals surface area contributed by atoms with E-state index >= 15 is 0 Å². The summed E-state index contributed by atoms with van der Waals surface area (Å²) in [6.45, 7) is 21.6. The van der Waals surface area contributed by atoms with Crippen molar-refractivity contribution < 1.29 is 23.9 Å². The predicted octanol–water partition coefficient (Wildman–Crippen LogP) is 14.4. The molecule has 3 saturated carbocycles. The minimum Gasteiger partial charge on any atom is -0.462 e. The molecular weight excluding hydrogens is 801 g/mol. The number of hydrogen-bond donors (Lipinski definition) is 0. The van der Waals surface area contributed by atoms with Gasteiger partial charge in [-0.05, 0) is 143 Å². The van der Waals surface area contributed by atoms with Gasteiger partial charge in [0.25, 0.3) is 5.24 Å². The summed E-state index contributed by atoms with van der Waals surface area (Å²) in [5.41, 5.74) is 2.40. The molecular formula is C55H94N2O5S. The highest BCUT2D eigenvalue weighted by Crippen LogP contribution is 2.72. The summed E-state index contributed by atoms with van der Waals surface area (Å²) in [5.74, 6) is 4.19. The first-order valence-corrected chi connectivity index (χ1v) is 27.1. The van der Waals surface area contributed by atoms with E-state index in [-0.39, 0.29) is 34.1 Å². The standard InChI is InChI=1S/C55H94N2O5S/c1-10-12-13-14-15-19-22-40-61-50(58)27-20-17-16-18-21-37-57(52(60)63-41-39-56(8)9)38-24-28-51(59)62-46-33-34-54(6)45(42-46)29-30-49-48-32-31-47(44(11-2)26-23-25-43(3)4)53(48,5)35-36-55(49,54)7/h11,19,22,29,43-44,46-49H,2,10,12-18,20-21,23-28,30-42H2,1,3-9H3/b22-19-/t44-,46+,47-,48+,49+,53-,54+,55+/m1/s1. The van der Waals surface area contributed by atoms with E-state index in [0.717, 1.165) is 93.8 Å². The highest BCUT2D eigenvalue weighted by molar-refractivity contribution is 8.13. The van der Waals surface area contributed by atoms with Gasteiger partial charge in [0, 0.05) is 44.6 Å². The second-order valence-corrected chi connectivity index (χ2v) is 22.8. The van der Waals surface area contributed by atoms with Gasteiger partial charge < -0.3 is 19.3 Å². The van der Waals surface area contributed by atoms with Crippen molar-refractivity contribution in [2.24, 2.45) is 45.8 Å². The molecule has 0 N–H and O–H groups in total. The van der Waals surface area contributed by atoms with E-state index in [0.29, 0.717) is 50.3 Å². The number of unbranched alkanes of at least 4 members (excludes halogenated alkanes) is 8. The fourth-order valence-electron chi connectivity index (χ4n) is 12.6. The topological polar surface area (TPSA) is 76.1 Å². The van der Waals surface area contributed by atoms with Gasteiger partial charge in [-0.3, -0.25) is 14.4 Å². The van der Waals surface area contributed by atoms with Crippen molar-refractivity contribution in [3.05, 3.63) is 36.5 Å². The molecule has 0 saturated heterocycles. The number of ether oxygens (including phenoxy) is 2. The minimum absolute atomic E-state index is 0.0518. The van der Waals surface area contributed by atoms with Crippen molar-refractivity contribution in [3.8, 4) is 0 Å². The van der Waals surface area contributed by atoms with Crippen LogP contribution in [0.25, 0.3) is 0 Å². The number of allylic oxidation sites excluding steroid dienone is 3. The van der Waals surface area contributed by atoms with E-state index in [1.54, 1.807) is 5.57 Å². The summed E-state index contributed by atoms with van der Waals surface area (Å²) >= 11 is 1.38. The van der Waals surface area contributed by atoms with Crippen LogP contribution in [-0.4, -0.2) is 79.2 Å². The second-order valence-electron chi connectivity index (χ2n) is 21.7. The van der Waals surface area contributed by atoms with Crippen LogP contribution in [0, 0.1) is 45.8 Å². The van der Waals surface area contributed by atoms with Gasteiger partial charge >= 0.3 is 11.9 Å². The lowest BCUT2D eigenvalue weighted by Gasteiger charge is -2.64. The normalized spacial score (nSPS) is 28.3. The Hall–Kier alpha value is -2.06. The third kappa shape index (κ3) is 15.5. The number of rotatable bonds is 29. The van der Waals surface area contributed by atoms with Gasteiger partial charge in [0.1, 0.15) is 12.7 Å². The summed E-state index contributed by atoms with van der Waals surface area (Å²) in [7, 11) is 4.06. The number of esters is 2. The van der Waals surface area contributed by atoms with Crippen LogP contribution in [0.3, 0.4) is 0 Å². The molecule has 0 unspecified atom stereocenters. The van der Waals surface area contributed by atoms with E-state index in [4.69, 9.17) is 9.47 Å². The highest BCUT2D eigenvalue weighted by atomic mass is 32.2. The van der Waals surface area contributed by atoms with Gasteiger partial charge in [-0.2, -0.15) is 0 Å². The van der Waals surface area contributed by atoms with Crippen molar-refractivity contribution in [3.63, 3.8) is 0 Å². The number of hydrogen-bond acceptors (Lipinski definition) is 7. The number of fused-ring (bicyclic) bond motifs is 5. The average molecular weight is 895 g/mol. The molecule has 0 spiro atoms. The molecule has 63 heavy (non-hydrogen) atoms. The van der Waals surface area contributed by atoms with Gasteiger partial charge in [-0.15, -0.1) is 6.58 Å². The number of thioether (sulfide) groups is 1. The average Bonchev–Trinajstić information content (AvgIpc) is 3.59. The molecule has 0 radical (unpaired) electrons. The zero-order chi connectivity index (χ0) is 45.9. The quantitative estimate of drug-likeness (QED) is 0.0420. The van der Waals surface area contributed by atoms with Crippen LogP contribution >= 0.6 is 11.8 Å². The van der Waals surface area contributed by atoms with Crippen molar-refractivity contribution in [2.45, 2.75) is 202 Å². The molecule has 8 atom stereocenters. The van der Waals surface area contributed by atoms with Crippen molar-refractivity contribution >= 4 is 28.9 Å². The molecule has 360 valence electrons. The molecule has 4 rings (SSSR count). The lowest BCUT2D eigenvalue weighted by atomic mass is 9.40. The Morgan fingerprint density at radius 3 is 2.30 bits per heavy atom. The molecule has 7 nitrogen and oxygen atoms in total. The van der Waals surface area contributed by atoms with E-state index in [1.165, 1.54) is 88.8 Å². The fraction of sp³-hybridized carbons (Fsp3) is 0.836. The summed E-state index contributed by atoms with van der Waals surface area (Å²) in [6.07, 6.45) is 34.5. The van der Waals surface area contributed by atoms with Gasteiger partial charge in [0.15, 0.2) is 0 Å². The first-order chi connectivity index (χ1) is 30.2. The maximum atomic E-state index is 13.4. The van der Waals surface area contributed by atoms with E-state index in [2.05, 4.69) is 71.2 Å². The number of nitrogens with zero attached hydrogens (tertiary/aromatic N) is 2. The smallest absolute Gasteiger partial charge is 0.306 e. The Morgan fingerprint density at radius 2 is 1.56 bits per heavy atom. The lowest BCUT2D eigenvalue weighted by molar-refractivity contribution is -0.154. The summed E-state index contributed by atoms with van der Waals surface area (Å²) in [4.78, 5) is 42.9. The number of carbonyl (C=O) groups is 3. The molecule has 0 aromatic heterocycles. The van der Waals surface area contributed by atoms with Gasteiger partial charge in [0.05, 0.1) is 0 Å². The third-order valence-electron chi connectivity index (χ3n) is 16.8. The molecule has 1 amide bonds. The predicted molar refractivity (Wildman–Crippen MR) is 266 cm³/mol. The van der Waals surface area contributed by atoms with Crippen molar-refractivity contribution in [2.75, 3.05) is 46.1 Å². The van der Waals surface area contributed by atoms with Crippen LogP contribution in [-0.2, 0) is 19.1 Å². The molecule has 0 heterocycles. The molecule has 3 fully saturated rings. The maximum Gasteiger partial charge on any atom is 0.306 e. The molecule has 0 bridgehead atoms. The Labute approximate surface area is 391 Å². The van der Waals surface area contributed by atoms with Gasteiger partial charge in [-0.1, -0.05) is 135 Å². The van der Waals surface area contributed by atoms with Crippen LogP contribution in [0.5, 0.6) is 0 Å². The Bertz CT molecular complexity index is 1480.